The van der Waals surface area contributed by atoms with Gasteiger partial charge >= 0.3 is 0 Å². The number of thiophene rings is 1. The summed E-state index contributed by atoms with van der Waals surface area (Å²) in [6, 6.07) is 5.55. The molecule has 130 valence electrons. The molecule has 8 heteroatoms. The van der Waals surface area contributed by atoms with E-state index in [0.29, 0.717) is 10.1 Å². The molecule has 3 aliphatic heterocycles. The molecule has 5 rings (SSSR count). The van der Waals surface area contributed by atoms with Gasteiger partial charge in [-0.2, -0.15) is 0 Å². The van der Waals surface area contributed by atoms with Gasteiger partial charge in [0.1, 0.15) is 5.69 Å². The number of hydrogen-bond acceptors (Lipinski definition) is 6. The van der Waals surface area contributed by atoms with Crippen molar-refractivity contribution in [3.63, 3.8) is 0 Å². The van der Waals surface area contributed by atoms with Crippen molar-refractivity contribution in [2.45, 2.75) is 24.9 Å². The Kier molecular flexibility index (Phi) is 3.36. The molecule has 0 bridgehead atoms. The molecular formula is C17H16ClN3O3S. The lowest BCUT2D eigenvalue weighted by Gasteiger charge is -2.25. The van der Waals surface area contributed by atoms with Crippen LogP contribution in [0, 0.1) is 11.8 Å². The Morgan fingerprint density at radius 3 is 2.84 bits per heavy atom. The smallest absolute Gasteiger partial charge is 0.234 e. The summed E-state index contributed by atoms with van der Waals surface area (Å²) in [6.07, 6.45) is 2.00. The van der Waals surface area contributed by atoms with E-state index in [4.69, 9.17) is 16.1 Å². The van der Waals surface area contributed by atoms with Crippen LogP contribution in [-0.4, -0.2) is 46.4 Å². The first kappa shape index (κ1) is 15.5. The molecule has 0 aromatic carbocycles. The molecule has 6 nitrogen and oxygen atoms in total. The van der Waals surface area contributed by atoms with Crippen molar-refractivity contribution in [1.82, 2.24) is 15.0 Å². The van der Waals surface area contributed by atoms with Crippen LogP contribution in [0.15, 0.2) is 22.7 Å². The van der Waals surface area contributed by atoms with Gasteiger partial charge in [-0.15, -0.1) is 11.3 Å². The van der Waals surface area contributed by atoms with Gasteiger partial charge in [0.2, 0.25) is 11.8 Å². The Bertz CT molecular complexity index is 878. The molecule has 0 spiro atoms. The maximum absolute atomic E-state index is 12.7. The van der Waals surface area contributed by atoms with E-state index in [1.165, 1.54) is 16.2 Å². The highest BCUT2D eigenvalue weighted by Gasteiger charge is 2.62. The third kappa shape index (κ3) is 2.09. The number of carbonyl (C=O) groups is 2. The molecule has 2 amide bonds. The van der Waals surface area contributed by atoms with Gasteiger partial charge in [0.15, 0.2) is 5.76 Å². The fourth-order valence-electron chi connectivity index (χ4n) is 4.70. The maximum Gasteiger partial charge on any atom is 0.234 e. The number of fused-ring (bicyclic) bond motifs is 3. The lowest BCUT2D eigenvalue weighted by atomic mass is 9.86. The topological polar surface area (TPSA) is 66.7 Å². The van der Waals surface area contributed by atoms with Gasteiger partial charge in [-0.25, -0.2) is 0 Å². The van der Waals surface area contributed by atoms with E-state index in [-0.39, 0.29) is 35.7 Å². The standard InChI is InChI=1S/C17H16ClN3O3S/c1-20-16(22)13-9-3-2-6-21(9)15(14(13)17(20)23)8-7-10(24-19-8)11-4-5-12(18)25-11/h4-5,7,9,13-15H,2-3,6H2,1H3/t9-,13-,14-,15-/m0/s1. The summed E-state index contributed by atoms with van der Waals surface area (Å²) < 4.78 is 6.21. The zero-order chi connectivity index (χ0) is 17.3. The van der Waals surface area contributed by atoms with Crippen LogP contribution in [0.3, 0.4) is 0 Å². The van der Waals surface area contributed by atoms with Crippen molar-refractivity contribution in [1.29, 1.82) is 0 Å². The second-order valence-electron chi connectivity index (χ2n) is 6.90. The van der Waals surface area contributed by atoms with E-state index >= 15 is 0 Å². The van der Waals surface area contributed by atoms with E-state index in [9.17, 15) is 9.59 Å². The molecule has 0 radical (unpaired) electrons. The SMILES string of the molecule is CN1C(=O)[C@@H]2[C@H](C1=O)[C@H](c1cc(-c3ccc(Cl)s3)on1)N1CCC[C@@H]21. The fourth-order valence-corrected chi connectivity index (χ4v) is 5.69. The summed E-state index contributed by atoms with van der Waals surface area (Å²) in [6.45, 7) is 0.889. The van der Waals surface area contributed by atoms with Crippen LogP contribution in [0.1, 0.15) is 24.6 Å². The van der Waals surface area contributed by atoms with Crippen LogP contribution in [0.4, 0.5) is 0 Å². The molecule has 5 heterocycles. The van der Waals surface area contributed by atoms with E-state index in [0.717, 1.165) is 30.0 Å². The number of likely N-dealkylation sites (tertiary alicyclic amines) is 1. The van der Waals surface area contributed by atoms with Crippen LogP contribution in [0.2, 0.25) is 4.34 Å². The summed E-state index contributed by atoms with van der Waals surface area (Å²) >= 11 is 7.43. The first-order valence-corrected chi connectivity index (χ1v) is 9.55. The van der Waals surface area contributed by atoms with Crippen molar-refractivity contribution >= 4 is 34.8 Å². The second kappa shape index (κ2) is 5.40. The predicted octanol–water partition coefficient (Wildman–Crippen LogP) is 2.81. The Morgan fingerprint density at radius 1 is 1.28 bits per heavy atom. The molecule has 0 N–H and O–H groups in total. The first-order valence-electron chi connectivity index (χ1n) is 8.36. The third-order valence-corrected chi connectivity index (χ3v) is 6.97. The minimum Gasteiger partial charge on any atom is -0.355 e. The summed E-state index contributed by atoms with van der Waals surface area (Å²) in [5.74, 6) is -0.105. The number of halogens is 1. The summed E-state index contributed by atoms with van der Waals surface area (Å²) in [5.41, 5.74) is 0.732. The van der Waals surface area contributed by atoms with Crippen LogP contribution in [0.25, 0.3) is 10.6 Å². The van der Waals surface area contributed by atoms with Gasteiger partial charge in [0, 0.05) is 19.2 Å². The molecule has 2 aromatic heterocycles. The Hall–Kier alpha value is -1.70. The van der Waals surface area contributed by atoms with Crippen LogP contribution >= 0.6 is 22.9 Å². The van der Waals surface area contributed by atoms with Crippen molar-refractivity contribution in [2.24, 2.45) is 11.8 Å². The lowest BCUT2D eigenvalue weighted by Crippen LogP contribution is -2.37. The molecule has 0 unspecified atom stereocenters. The van der Waals surface area contributed by atoms with E-state index in [1.807, 2.05) is 18.2 Å². The number of carbonyl (C=O) groups excluding carboxylic acids is 2. The maximum atomic E-state index is 12.7. The Balaban J connectivity index is 1.55. The lowest BCUT2D eigenvalue weighted by molar-refractivity contribution is -0.139. The molecule has 0 aliphatic carbocycles. The predicted molar refractivity (Wildman–Crippen MR) is 92.1 cm³/mol. The largest absolute Gasteiger partial charge is 0.355 e. The fraction of sp³-hybridized carbons (Fsp3) is 0.471. The second-order valence-corrected chi connectivity index (χ2v) is 8.61. The number of amides is 2. The van der Waals surface area contributed by atoms with Gasteiger partial charge in [-0.1, -0.05) is 16.8 Å². The highest BCUT2D eigenvalue weighted by molar-refractivity contribution is 7.19. The first-order chi connectivity index (χ1) is 12.1. The molecule has 25 heavy (non-hydrogen) atoms. The molecule has 2 aromatic rings. The van der Waals surface area contributed by atoms with Gasteiger partial charge in [0.05, 0.1) is 27.1 Å². The summed E-state index contributed by atoms with van der Waals surface area (Å²) in [5, 5.41) is 4.25. The zero-order valence-corrected chi connectivity index (χ0v) is 15.1. The number of hydrogen-bond donors (Lipinski definition) is 0. The third-order valence-electron chi connectivity index (χ3n) is 5.72. The molecular weight excluding hydrogens is 362 g/mol. The Morgan fingerprint density at radius 2 is 2.08 bits per heavy atom. The van der Waals surface area contributed by atoms with Gasteiger partial charge < -0.3 is 4.52 Å². The monoisotopic (exact) mass is 377 g/mol. The van der Waals surface area contributed by atoms with E-state index < -0.39 is 0 Å². The van der Waals surface area contributed by atoms with Crippen molar-refractivity contribution in [3.8, 4) is 10.6 Å². The van der Waals surface area contributed by atoms with Crippen LogP contribution in [0.5, 0.6) is 0 Å². The van der Waals surface area contributed by atoms with Crippen molar-refractivity contribution in [3.05, 3.63) is 28.2 Å². The summed E-state index contributed by atoms with van der Waals surface area (Å²) in [4.78, 5) is 29.7. The van der Waals surface area contributed by atoms with Crippen LogP contribution < -0.4 is 0 Å². The van der Waals surface area contributed by atoms with Gasteiger partial charge in [0.25, 0.3) is 0 Å². The summed E-state index contributed by atoms with van der Waals surface area (Å²) in [7, 11) is 1.58. The van der Waals surface area contributed by atoms with E-state index in [1.54, 1.807) is 7.05 Å². The van der Waals surface area contributed by atoms with Gasteiger partial charge in [-0.3, -0.25) is 19.4 Å². The van der Waals surface area contributed by atoms with Crippen LogP contribution in [-0.2, 0) is 9.59 Å². The number of rotatable bonds is 2. The molecule has 3 saturated heterocycles. The highest BCUT2D eigenvalue weighted by Crippen LogP contribution is 2.52. The average molecular weight is 378 g/mol. The van der Waals surface area contributed by atoms with E-state index in [2.05, 4.69) is 10.1 Å². The Labute approximate surface area is 153 Å². The van der Waals surface area contributed by atoms with Crippen molar-refractivity contribution in [2.75, 3.05) is 13.6 Å². The quantitative estimate of drug-likeness (QED) is 0.753. The number of aromatic nitrogens is 1. The van der Waals surface area contributed by atoms with Crippen molar-refractivity contribution < 1.29 is 14.1 Å². The minimum absolute atomic E-state index is 0.0526. The zero-order valence-electron chi connectivity index (χ0n) is 13.5. The minimum atomic E-state index is -0.354. The van der Waals surface area contributed by atoms with Gasteiger partial charge in [-0.05, 0) is 31.5 Å². The average Bonchev–Trinajstić information content (AvgIpc) is 3.36. The molecule has 4 atom stereocenters. The molecule has 0 saturated carbocycles. The molecule has 3 aliphatic rings. The highest BCUT2D eigenvalue weighted by atomic mass is 35.5. The molecule has 3 fully saturated rings. The number of nitrogens with zero attached hydrogens (tertiary/aromatic N) is 3. The normalized spacial score (nSPS) is 31.8. The number of imide groups is 1.